The molecule has 5 heterocycles. The maximum Gasteiger partial charge on any atom is 0.332 e. The number of fused-ring (bicyclic) bond motifs is 1. The number of ether oxygens (including phenoxy) is 1. The molecular formula is C35H42ClN9O5S. The van der Waals surface area contributed by atoms with E-state index in [0.29, 0.717) is 59.9 Å². The van der Waals surface area contributed by atoms with E-state index in [2.05, 4.69) is 30.4 Å². The largest absolute Gasteiger partial charge is 0.378 e. The van der Waals surface area contributed by atoms with E-state index in [1.165, 1.54) is 11.1 Å². The summed E-state index contributed by atoms with van der Waals surface area (Å²) in [5, 5.41) is 11.7. The van der Waals surface area contributed by atoms with Crippen LogP contribution in [0.5, 0.6) is 0 Å². The number of halogens is 1. The molecule has 3 aliphatic heterocycles. The maximum absolute atomic E-state index is 13.7. The van der Waals surface area contributed by atoms with Crippen molar-refractivity contribution in [3.05, 3.63) is 71.0 Å². The van der Waals surface area contributed by atoms with Gasteiger partial charge in [-0.2, -0.15) is 9.40 Å². The Hall–Kier alpha value is -4.15. The Morgan fingerprint density at radius 1 is 1.02 bits per heavy atom. The fourth-order valence-corrected chi connectivity index (χ4v) is 9.15. The number of aromatic amines is 1. The summed E-state index contributed by atoms with van der Waals surface area (Å²) in [6, 6.07) is 14.1. The average Bonchev–Trinajstić information content (AvgIpc) is 3.56. The van der Waals surface area contributed by atoms with Crippen LogP contribution in [0.3, 0.4) is 0 Å². The molecule has 3 fully saturated rings. The van der Waals surface area contributed by atoms with Crippen LogP contribution in [0.4, 0.5) is 16.6 Å². The predicted molar refractivity (Wildman–Crippen MR) is 193 cm³/mol. The number of benzene rings is 2. The summed E-state index contributed by atoms with van der Waals surface area (Å²) in [5.74, 6) is 0.726. The van der Waals surface area contributed by atoms with E-state index in [-0.39, 0.29) is 43.0 Å². The fourth-order valence-electron chi connectivity index (χ4n) is 7.46. The van der Waals surface area contributed by atoms with Crippen LogP contribution in [-0.4, -0.2) is 107 Å². The number of nitrogens with zero attached hydrogens (tertiary/aromatic N) is 7. The van der Waals surface area contributed by atoms with Crippen LogP contribution >= 0.6 is 11.6 Å². The number of amides is 3. The topological polar surface area (TPSA) is 157 Å². The van der Waals surface area contributed by atoms with Crippen LogP contribution in [0.1, 0.15) is 43.4 Å². The number of nitrogens with one attached hydrogen (secondary N) is 2. The van der Waals surface area contributed by atoms with Gasteiger partial charge in [-0.05, 0) is 74.5 Å². The van der Waals surface area contributed by atoms with E-state index in [4.69, 9.17) is 16.3 Å². The lowest BCUT2D eigenvalue weighted by molar-refractivity contribution is -0.121. The first kappa shape index (κ1) is 35.3. The molecule has 3 aliphatic rings. The molecule has 0 aliphatic carbocycles. The lowest BCUT2D eigenvalue weighted by Gasteiger charge is -2.43. The Labute approximate surface area is 302 Å². The smallest absolute Gasteiger partial charge is 0.332 e. The van der Waals surface area contributed by atoms with Crippen molar-refractivity contribution < 1.29 is 22.7 Å². The zero-order chi connectivity index (χ0) is 35.7. The van der Waals surface area contributed by atoms with Crippen LogP contribution in [0, 0.1) is 5.92 Å². The first-order valence-electron chi connectivity index (χ1n) is 17.2. The molecule has 0 saturated carbocycles. The molecule has 4 aromatic rings. The zero-order valence-corrected chi connectivity index (χ0v) is 30.2. The SMILES string of the molecule is COCc1nc(NC2CCN(S(=O)(=O)c3cccc(CN4CCC(C5CC(=O)N(c6n[nH]c7ccccc67)C(=O)N5C)CC4)c3)CC2)ncc1Cl. The minimum absolute atomic E-state index is 0.0300. The molecule has 1 atom stereocenters. The predicted octanol–water partition coefficient (Wildman–Crippen LogP) is 4.49. The van der Waals surface area contributed by atoms with Gasteiger partial charge in [-0.1, -0.05) is 35.9 Å². The molecule has 0 spiro atoms. The molecule has 7 rings (SSSR count). The summed E-state index contributed by atoms with van der Waals surface area (Å²) in [6.07, 6.45) is 4.67. The van der Waals surface area contributed by atoms with Gasteiger partial charge in [0.05, 0.1) is 33.9 Å². The van der Waals surface area contributed by atoms with Crippen molar-refractivity contribution in [2.75, 3.05) is 50.6 Å². The van der Waals surface area contributed by atoms with Gasteiger partial charge in [-0.15, -0.1) is 0 Å². The molecule has 14 nitrogen and oxygen atoms in total. The first-order valence-corrected chi connectivity index (χ1v) is 19.1. The summed E-state index contributed by atoms with van der Waals surface area (Å²) in [4.78, 5) is 41.0. The van der Waals surface area contributed by atoms with Gasteiger partial charge < -0.3 is 15.0 Å². The molecule has 0 bridgehead atoms. The second-order valence-corrected chi connectivity index (χ2v) is 15.8. The van der Waals surface area contributed by atoms with Gasteiger partial charge in [-0.3, -0.25) is 14.8 Å². The van der Waals surface area contributed by atoms with Gasteiger partial charge in [0.2, 0.25) is 21.9 Å². The Bertz CT molecular complexity index is 2010. The highest BCUT2D eigenvalue weighted by molar-refractivity contribution is 7.89. The third kappa shape index (κ3) is 7.31. The molecular weight excluding hydrogens is 694 g/mol. The van der Waals surface area contributed by atoms with Gasteiger partial charge in [0.15, 0.2) is 5.82 Å². The summed E-state index contributed by atoms with van der Waals surface area (Å²) in [5.41, 5.74) is 2.29. The summed E-state index contributed by atoms with van der Waals surface area (Å²) in [6.45, 7) is 3.23. The molecule has 16 heteroatoms. The van der Waals surface area contributed by atoms with Gasteiger partial charge in [0.1, 0.15) is 0 Å². The van der Waals surface area contributed by atoms with Crippen molar-refractivity contribution in [2.45, 2.75) is 62.2 Å². The van der Waals surface area contributed by atoms with Crippen LogP contribution in [0.25, 0.3) is 10.9 Å². The number of urea groups is 1. The average molecular weight is 736 g/mol. The first-order chi connectivity index (χ1) is 24.6. The van der Waals surface area contributed by atoms with E-state index in [1.54, 1.807) is 41.6 Å². The molecule has 1 unspecified atom stereocenters. The highest BCUT2D eigenvalue weighted by Crippen LogP contribution is 2.34. The number of aromatic nitrogens is 4. The number of imide groups is 1. The van der Waals surface area contributed by atoms with E-state index in [9.17, 15) is 18.0 Å². The van der Waals surface area contributed by atoms with E-state index in [0.717, 1.165) is 42.4 Å². The van der Waals surface area contributed by atoms with E-state index < -0.39 is 10.0 Å². The third-order valence-corrected chi connectivity index (χ3v) is 12.5. The van der Waals surface area contributed by atoms with Crippen molar-refractivity contribution in [3.63, 3.8) is 0 Å². The third-order valence-electron chi connectivity index (χ3n) is 10.3. The summed E-state index contributed by atoms with van der Waals surface area (Å²) in [7, 11) is -0.328. The number of sulfonamides is 1. The highest BCUT2D eigenvalue weighted by Gasteiger charge is 2.43. The maximum atomic E-state index is 13.7. The second-order valence-electron chi connectivity index (χ2n) is 13.5. The van der Waals surface area contributed by atoms with Crippen LogP contribution in [0.15, 0.2) is 59.6 Å². The van der Waals surface area contributed by atoms with Crippen molar-refractivity contribution in [3.8, 4) is 0 Å². The van der Waals surface area contributed by atoms with Crippen molar-refractivity contribution in [1.82, 2.24) is 34.3 Å². The van der Waals surface area contributed by atoms with E-state index in [1.807, 2.05) is 30.3 Å². The molecule has 3 amide bonds. The number of piperidine rings is 2. The lowest BCUT2D eigenvalue weighted by atomic mass is 9.85. The van der Waals surface area contributed by atoms with Gasteiger partial charge >= 0.3 is 6.03 Å². The number of hydrogen-bond donors (Lipinski definition) is 2. The van der Waals surface area contributed by atoms with Gasteiger partial charge in [-0.25, -0.2) is 28.1 Å². The molecule has 0 radical (unpaired) electrons. The standard InChI is InChI=1S/C35H42ClN9O5S/c1-42-31(19-32(46)45(35(42)47)33-27-8-3-4-9-29(27)40-41-33)24-10-14-43(15-11-24)21-23-6-5-7-26(18-23)51(48,49)44-16-12-25(13-17-44)38-34-37-20-28(36)30(39-34)22-50-2/h3-9,18,20,24-25,31H,10-17,19,21-22H2,1-2H3,(H,40,41)(H,37,38,39). The number of methoxy groups -OCH3 is 1. The number of rotatable bonds is 10. The second kappa shape index (κ2) is 14.8. The summed E-state index contributed by atoms with van der Waals surface area (Å²) < 4.78 is 34.1. The minimum atomic E-state index is -3.67. The zero-order valence-electron chi connectivity index (χ0n) is 28.7. The number of likely N-dealkylation sites (tertiary alicyclic amines) is 1. The molecule has 51 heavy (non-hydrogen) atoms. The Balaban J connectivity index is 0.920. The number of H-pyrrole nitrogens is 1. The molecule has 2 N–H and O–H groups in total. The minimum Gasteiger partial charge on any atom is -0.378 e. The molecule has 2 aromatic carbocycles. The number of para-hydroxylation sites is 1. The summed E-state index contributed by atoms with van der Waals surface area (Å²) >= 11 is 6.16. The van der Waals surface area contributed by atoms with Crippen molar-refractivity contribution in [1.29, 1.82) is 0 Å². The number of anilines is 2. The van der Waals surface area contributed by atoms with Gasteiger partial charge in [0.25, 0.3) is 0 Å². The fraction of sp³-hybridized carbons (Fsp3) is 0.457. The van der Waals surface area contributed by atoms with Crippen LogP contribution in [-0.2, 0) is 32.7 Å². The van der Waals surface area contributed by atoms with Crippen molar-refractivity contribution >= 4 is 56.2 Å². The Kier molecular flexibility index (Phi) is 10.3. The highest BCUT2D eigenvalue weighted by atomic mass is 35.5. The van der Waals surface area contributed by atoms with Gasteiger partial charge in [0, 0.05) is 57.7 Å². The number of carbonyl (C=O) groups is 2. The molecule has 270 valence electrons. The lowest BCUT2D eigenvalue weighted by Crippen LogP contribution is -2.58. The number of carbonyl (C=O) groups excluding carboxylic acids is 2. The van der Waals surface area contributed by atoms with Crippen molar-refractivity contribution in [2.24, 2.45) is 5.92 Å². The van der Waals surface area contributed by atoms with Crippen LogP contribution in [0.2, 0.25) is 5.02 Å². The van der Waals surface area contributed by atoms with Crippen LogP contribution < -0.4 is 10.2 Å². The quantitative estimate of drug-likeness (QED) is 0.238. The number of hydrogen-bond acceptors (Lipinski definition) is 10. The molecule has 2 aromatic heterocycles. The molecule has 3 saturated heterocycles. The normalized spacial score (nSPS) is 20.4. The van der Waals surface area contributed by atoms with E-state index >= 15 is 0 Å². The Morgan fingerprint density at radius 2 is 1.78 bits per heavy atom. The monoisotopic (exact) mass is 735 g/mol. The Morgan fingerprint density at radius 3 is 2.55 bits per heavy atom.